The van der Waals surface area contributed by atoms with Gasteiger partial charge in [-0.05, 0) is 12.8 Å². The second-order valence-corrected chi connectivity index (χ2v) is 11.5. The average Bonchev–Trinajstić information content (AvgIpc) is 2.98. The molecule has 2 unspecified atom stereocenters. The lowest BCUT2D eigenvalue weighted by molar-refractivity contribution is -0.315. The number of aliphatic hydroxyl groups excluding tert-OH is 6. The molecule has 0 radical (unpaired) electrons. The zero-order valence-corrected chi connectivity index (χ0v) is 24.3. The molecule has 2 saturated heterocycles. The van der Waals surface area contributed by atoms with Gasteiger partial charge in [0.15, 0.2) is 12.6 Å². The largest absolute Gasteiger partial charge is 0.395 e. The lowest BCUT2D eigenvalue weighted by atomic mass is 9.83. The van der Waals surface area contributed by atoms with Gasteiger partial charge in [-0.2, -0.15) is 0 Å². The number of hydrogen-bond acceptors (Lipinski definition) is 18. The molecule has 1 saturated carbocycles. The van der Waals surface area contributed by atoms with Crippen LogP contribution >= 0.6 is 0 Å². The van der Waals surface area contributed by atoms with E-state index in [2.05, 4.69) is 10.6 Å². The maximum Gasteiger partial charge on any atom is 0.341 e. The summed E-state index contributed by atoms with van der Waals surface area (Å²) in [5.74, 6) is 0. The summed E-state index contributed by atoms with van der Waals surface area (Å²) in [5, 5.41) is 77.4. The number of carbonyl (C=O) groups excluding carboxylic acids is 1. The van der Waals surface area contributed by atoms with E-state index in [4.69, 9.17) is 52.7 Å². The minimum atomic E-state index is -1.63. The average molecular weight is 643 g/mol. The van der Waals surface area contributed by atoms with E-state index in [0.717, 1.165) is 0 Å². The molecule has 0 bridgehead atoms. The standard InChI is InChI=1S/C24H50N8O12/c25-1-2-32(40)24(39)31-12-3-10(27)20(19(38)21(12)44-23-18(37)16(29)17(36)15(8-34)42-23)43-22-11(28)4-13(35)14(41-22)6-30-5-9(26)7-33/h9-23,30,33-38,40H,1-8,25-29H2,(H,31,39)/t9?,10-,11+,12+,13-,14+,15+,16-,17+,18+,19-,20?,21-,22+,23+/m0/s1. The minimum absolute atomic E-state index is 0.0431. The van der Waals surface area contributed by atoms with Crippen molar-refractivity contribution in [1.82, 2.24) is 15.7 Å². The van der Waals surface area contributed by atoms with E-state index in [0.29, 0.717) is 5.06 Å². The lowest BCUT2D eigenvalue weighted by Crippen LogP contribution is -2.69. The van der Waals surface area contributed by atoms with Gasteiger partial charge in [-0.3, -0.25) is 5.21 Å². The van der Waals surface area contributed by atoms with Gasteiger partial charge in [0, 0.05) is 31.7 Å². The molecule has 3 fully saturated rings. The highest BCUT2D eigenvalue weighted by Crippen LogP contribution is 2.31. The number of nitrogens with one attached hydrogen (secondary N) is 2. The molecule has 258 valence electrons. The van der Waals surface area contributed by atoms with Crippen LogP contribution in [0.1, 0.15) is 12.8 Å². The van der Waals surface area contributed by atoms with Gasteiger partial charge in [-0.25, -0.2) is 9.86 Å². The van der Waals surface area contributed by atoms with Crippen molar-refractivity contribution in [2.75, 3.05) is 39.4 Å². The van der Waals surface area contributed by atoms with Crippen LogP contribution in [0.2, 0.25) is 0 Å². The fourth-order valence-corrected chi connectivity index (χ4v) is 5.43. The first-order valence-corrected chi connectivity index (χ1v) is 14.6. The summed E-state index contributed by atoms with van der Waals surface area (Å²) >= 11 is 0. The number of hydroxylamine groups is 2. The van der Waals surface area contributed by atoms with Crippen LogP contribution in [0, 0.1) is 0 Å². The third-order valence-electron chi connectivity index (χ3n) is 8.01. The zero-order valence-electron chi connectivity index (χ0n) is 24.3. The number of hydrogen-bond donors (Lipinski definition) is 14. The third-order valence-corrected chi connectivity index (χ3v) is 8.01. The Balaban J connectivity index is 1.79. The second-order valence-electron chi connectivity index (χ2n) is 11.5. The summed E-state index contributed by atoms with van der Waals surface area (Å²) in [6, 6.07) is -5.64. The number of amides is 2. The molecule has 3 rings (SSSR count). The molecule has 15 atom stereocenters. The SMILES string of the molecule is NCCN(O)C(=O)N[C@@H]1C[C@H](N)C(O[C@H]2O[C@H](CNCC(N)CO)[C@@H](O)C[C@H]2N)[C@H](O)[C@H]1O[C@H]1O[C@H](CO)[C@@H](O)[C@H](N)[C@H]1O. The van der Waals surface area contributed by atoms with Crippen molar-refractivity contribution in [1.29, 1.82) is 0 Å². The van der Waals surface area contributed by atoms with Crippen molar-refractivity contribution in [3.05, 3.63) is 0 Å². The van der Waals surface area contributed by atoms with Crippen LogP contribution in [0.5, 0.6) is 0 Å². The Hall–Kier alpha value is -1.41. The number of carbonyl (C=O) groups is 1. The van der Waals surface area contributed by atoms with Gasteiger partial charge < -0.3 is 88.9 Å². The zero-order chi connectivity index (χ0) is 32.7. The van der Waals surface area contributed by atoms with E-state index in [-0.39, 0.29) is 45.6 Å². The number of nitrogens with zero attached hydrogens (tertiary/aromatic N) is 1. The molecule has 0 aromatic carbocycles. The Morgan fingerprint density at radius 2 is 1.59 bits per heavy atom. The number of urea groups is 1. The molecule has 44 heavy (non-hydrogen) atoms. The maximum atomic E-state index is 12.6. The molecular formula is C24H50N8O12. The first-order valence-electron chi connectivity index (χ1n) is 14.6. The molecule has 0 aromatic rings. The molecule has 19 N–H and O–H groups in total. The number of aliphatic hydroxyl groups is 6. The number of rotatable bonds is 13. The quantitative estimate of drug-likeness (QED) is 0.0654. The van der Waals surface area contributed by atoms with Gasteiger partial charge in [0.25, 0.3) is 0 Å². The van der Waals surface area contributed by atoms with Crippen LogP contribution in [-0.2, 0) is 18.9 Å². The fraction of sp³-hybridized carbons (Fsp3) is 0.958. The van der Waals surface area contributed by atoms with Crippen molar-refractivity contribution < 1.29 is 59.6 Å². The van der Waals surface area contributed by atoms with E-state index in [1.165, 1.54) is 0 Å². The maximum absolute atomic E-state index is 12.6. The van der Waals surface area contributed by atoms with Gasteiger partial charge in [0.05, 0.1) is 50.1 Å². The normalized spacial score (nSPS) is 42.1. The van der Waals surface area contributed by atoms with Crippen molar-refractivity contribution in [2.24, 2.45) is 28.7 Å². The molecule has 0 aromatic heterocycles. The highest BCUT2D eigenvalue weighted by Gasteiger charge is 2.51. The molecule has 0 spiro atoms. The first-order chi connectivity index (χ1) is 20.8. The van der Waals surface area contributed by atoms with Gasteiger partial charge >= 0.3 is 6.03 Å². The molecule has 2 amide bonds. The Bertz CT molecular complexity index is 885. The van der Waals surface area contributed by atoms with Crippen molar-refractivity contribution in [3.8, 4) is 0 Å². The summed E-state index contributed by atoms with van der Waals surface area (Å²) in [6.45, 7) is -0.741. The van der Waals surface area contributed by atoms with E-state index in [1.807, 2.05) is 0 Å². The number of ether oxygens (including phenoxy) is 4. The van der Waals surface area contributed by atoms with Gasteiger partial charge in [0.1, 0.15) is 36.6 Å². The Morgan fingerprint density at radius 1 is 0.932 bits per heavy atom. The highest BCUT2D eigenvalue weighted by atomic mass is 16.7. The van der Waals surface area contributed by atoms with Crippen molar-refractivity contribution in [2.45, 2.75) is 104 Å². The van der Waals surface area contributed by atoms with E-state index in [1.54, 1.807) is 0 Å². The molecule has 3 aliphatic rings. The highest BCUT2D eigenvalue weighted by molar-refractivity contribution is 5.73. The van der Waals surface area contributed by atoms with Crippen LogP contribution in [0.25, 0.3) is 0 Å². The van der Waals surface area contributed by atoms with Gasteiger partial charge in [0.2, 0.25) is 0 Å². The molecule has 20 heteroatoms. The van der Waals surface area contributed by atoms with Gasteiger partial charge in [-0.15, -0.1) is 0 Å². The van der Waals surface area contributed by atoms with Crippen LogP contribution in [-0.4, -0.2) is 178 Å². The molecule has 1 aliphatic carbocycles. The van der Waals surface area contributed by atoms with E-state index < -0.39 is 104 Å². The second kappa shape index (κ2) is 16.9. The summed E-state index contributed by atoms with van der Waals surface area (Å²) in [5.41, 5.74) is 29.6. The first kappa shape index (κ1) is 37.1. The Labute approximate surface area is 254 Å². The predicted molar refractivity (Wildman–Crippen MR) is 149 cm³/mol. The molecule has 2 heterocycles. The van der Waals surface area contributed by atoms with Crippen LogP contribution < -0.4 is 39.3 Å². The lowest BCUT2D eigenvalue weighted by Gasteiger charge is -2.48. The third kappa shape index (κ3) is 9.11. The smallest absolute Gasteiger partial charge is 0.341 e. The van der Waals surface area contributed by atoms with Crippen molar-refractivity contribution >= 4 is 6.03 Å². The monoisotopic (exact) mass is 642 g/mol. The molecular weight excluding hydrogens is 592 g/mol. The molecule has 2 aliphatic heterocycles. The Kier molecular flexibility index (Phi) is 14.3. The summed E-state index contributed by atoms with van der Waals surface area (Å²) < 4.78 is 23.4. The minimum Gasteiger partial charge on any atom is -0.395 e. The Morgan fingerprint density at radius 3 is 2.23 bits per heavy atom. The van der Waals surface area contributed by atoms with Crippen LogP contribution in [0.4, 0.5) is 4.79 Å². The summed E-state index contributed by atoms with van der Waals surface area (Å²) in [4.78, 5) is 12.6. The number of nitrogens with two attached hydrogens (primary N) is 5. The predicted octanol–water partition coefficient (Wildman–Crippen LogP) is -7.94. The summed E-state index contributed by atoms with van der Waals surface area (Å²) in [6.07, 6.45) is -13.0. The molecule has 20 nitrogen and oxygen atoms in total. The van der Waals surface area contributed by atoms with Crippen LogP contribution in [0.15, 0.2) is 0 Å². The summed E-state index contributed by atoms with van der Waals surface area (Å²) in [7, 11) is 0. The van der Waals surface area contributed by atoms with E-state index >= 15 is 0 Å². The topological polar surface area (TPSA) is 353 Å². The van der Waals surface area contributed by atoms with Crippen LogP contribution in [0.3, 0.4) is 0 Å². The van der Waals surface area contributed by atoms with Crippen molar-refractivity contribution in [3.63, 3.8) is 0 Å². The van der Waals surface area contributed by atoms with E-state index in [9.17, 15) is 35.5 Å². The van der Waals surface area contributed by atoms with Gasteiger partial charge in [-0.1, -0.05) is 0 Å². The fourth-order valence-electron chi connectivity index (χ4n) is 5.43.